The Hall–Kier alpha value is -1.86. The van der Waals surface area contributed by atoms with Gasteiger partial charge < -0.3 is 0 Å². The fourth-order valence-electron chi connectivity index (χ4n) is 3.32. The van der Waals surface area contributed by atoms with Crippen LogP contribution in [-0.4, -0.2) is 13.7 Å². The molecule has 3 aromatic rings. The Morgan fingerprint density at radius 1 is 0.667 bits per heavy atom. The molecule has 170 valence electrons. The average molecular weight is 511 g/mol. The maximum absolute atomic E-state index is 12.8. The summed E-state index contributed by atoms with van der Waals surface area (Å²) >= 11 is 5.26. The smallest absolute Gasteiger partial charge is 0.206 e. The Bertz CT molecular complexity index is 1240. The summed E-state index contributed by atoms with van der Waals surface area (Å²) in [5.74, 6) is 0. The second kappa shape index (κ2) is 11.0. The summed E-state index contributed by atoms with van der Waals surface area (Å²) in [7, 11) is -3.43. The van der Waals surface area contributed by atoms with Crippen LogP contribution in [0.3, 0.4) is 0 Å². The van der Waals surface area contributed by atoms with E-state index < -0.39 is 9.84 Å². The van der Waals surface area contributed by atoms with Gasteiger partial charge in [0, 0.05) is 29.7 Å². The van der Waals surface area contributed by atoms with Crippen molar-refractivity contribution in [2.75, 3.05) is 0 Å². The van der Waals surface area contributed by atoms with E-state index in [0.29, 0.717) is 15.1 Å². The van der Waals surface area contributed by atoms with E-state index in [2.05, 4.69) is 62.4 Å². The summed E-state index contributed by atoms with van der Waals surface area (Å²) in [5, 5.41) is 0.584. The predicted molar refractivity (Wildman–Crippen MR) is 142 cm³/mol. The minimum absolute atomic E-state index is 0.342. The minimum atomic E-state index is -3.43. The predicted octanol–water partition coefficient (Wildman–Crippen LogP) is 8.50. The van der Waals surface area contributed by atoms with Gasteiger partial charge in [-0.15, -0.1) is 11.8 Å². The largest absolute Gasteiger partial charge is 0.219 e. The van der Waals surface area contributed by atoms with Crippen LogP contribution in [0.5, 0.6) is 0 Å². The highest BCUT2D eigenvalue weighted by atomic mass is 32.2. The van der Waals surface area contributed by atoms with Gasteiger partial charge in [0.15, 0.2) is 0 Å². The SMILES string of the molecule is CC(C)Sc1ccc(Sc2ccc(Sc3ccc(S(=O)(=O)C4=CCCC=C4)cc3)cc2)cc1. The maximum Gasteiger partial charge on any atom is 0.206 e. The molecule has 0 fully saturated rings. The second-order valence-corrected chi connectivity index (χ2v) is 13.8. The molecular weight excluding hydrogens is 485 g/mol. The van der Waals surface area contributed by atoms with Crippen molar-refractivity contribution in [3.05, 3.63) is 95.9 Å². The van der Waals surface area contributed by atoms with E-state index in [1.54, 1.807) is 47.8 Å². The lowest BCUT2D eigenvalue weighted by Gasteiger charge is -2.10. The highest BCUT2D eigenvalue weighted by Gasteiger charge is 2.19. The topological polar surface area (TPSA) is 34.1 Å². The Morgan fingerprint density at radius 2 is 1.12 bits per heavy atom. The zero-order valence-corrected chi connectivity index (χ0v) is 21.9. The van der Waals surface area contributed by atoms with Crippen LogP contribution >= 0.6 is 35.3 Å². The van der Waals surface area contributed by atoms with Gasteiger partial charge in [-0.3, -0.25) is 0 Å². The van der Waals surface area contributed by atoms with Crippen LogP contribution in [0.4, 0.5) is 0 Å². The maximum atomic E-state index is 12.8. The zero-order valence-electron chi connectivity index (χ0n) is 18.6. The van der Waals surface area contributed by atoms with E-state index in [1.807, 2.05) is 30.0 Å². The van der Waals surface area contributed by atoms with Gasteiger partial charge in [-0.05, 0) is 91.7 Å². The number of sulfone groups is 1. The van der Waals surface area contributed by atoms with Crippen molar-refractivity contribution in [2.24, 2.45) is 0 Å². The second-order valence-electron chi connectivity index (χ2n) is 7.87. The van der Waals surface area contributed by atoms with Gasteiger partial charge in [-0.1, -0.05) is 49.5 Å². The molecule has 6 heteroatoms. The van der Waals surface area contributed by atoms with Crippen LogP contribution in [0, 0.1) is 0 Å². The molecule has 0 N–H and O–H groups in total. The lowest BCUT2D eigenvalue weighted by molar-refractivity contribution is 0.602. The van der Waals surface area contributed by atoms with Crippen LogP contribution in [0.1, 0.15) is 26.7 Å². The van der Waals surface area contributed by atoms with Gasteiger partial charge in [-0.2, -0.15) is 0 Å². The standard InChI is InChI=1S/C27H26O2S4/c1-20(2)30-21-8-10-22(11-9-21)31-23-12-14-24(15-13-23)32-25-16-18-27(19-17-25)33(28,29)26-6-4-3-5-7-26/h4,6-20H,3,5H2,1-2H3. The Labute approximate surface area is 209 Å². The highest BCUT2D eigenvalue weighted by Crippen LogP contribution is 2.34. The van der Waals surface area contributed by atoms with Crippen LogP contribution in [0.25, 0.3) is 0 Å². The molecule has 1 aliphatic carbocycles. The van der Waals surface area contributed by atoms with Crippen LogP contribution < -0.4 is 0 Å². The van der Waals surface area contributed by atoms with Gasteiger partial charge in [0.1, 0.15) is 0 Å². The number of allylic oxidation sites excluding steroid dienone is 3. The van der Waals surface area contributed by atoms with Crippen LogP contribution in [-0.2, 0) is 9.84 Å². The van der Waals surface area contributed by atoms with Gasteiger partial charge in [0.2, 0.25) is 9.84 Å². The molecule has 2 nitrogen and oxygen atoms in total. The molecule has 33 heavy (non-hydrogen) atoms. The number of rotatable bonds is 8. The third-order valence-electron chi connectivity index (χ3n) is 4.90. The molecule has 0 atom stereocenters. The lowest BCUT2D eigenvalue weighted by Crippen LogP contribution is -2.04. The van der Waals surface area contributed by atoms with Crippen molar-refractivity contribution in [2.45, 2.75) is 61.3 Å². The van der Waals surface area contributed by atoms with E-state index in [9.17, 15) is 8.42 Å². The lowest BCUT2D eigenvalue weighted by atomic mass is 10.2. The van der Waals surface area contributed by atoms with E-state index in [-0.39, 0.29) is 0 Å². The van der Waals surface area contributed by atoms with Gasteiger partial charge in [-0.25, -0.2) is 8.42 Å². The highest BCUT2D eigenvalue weighted by molar-refractivity contribution is 8.00. The molecule has 0 saturated heterocycles. The molecule has 0 aromatic heterocycles. The molecule has 0 saturated carbocycles. The third-order valence-corrected chi connectivity index (χ3v) is 9.76. The summed E-state index contributed by atoms with van der Waals surface area (Å²) in [6.45, 7) is 4.41. The molecule has 0 amide bonds. The average Bonchev–Trinajstić information content (AvgIpc) is 2.82. The molecule has 1 aliphatic rings. The normalized spacial score (nSPS) is 13.8. The Balaban J connectivity index is 1.38. The van der Waals surface area contributed by atoms with Crippen molar-refractivity contribution in [1.29, 1.82) is 0 Å². The monoisotopic (exact) mass is 510 g/mol. The van der Waals surface area contributed by atoms with Crippen LogP contribution in [0.2, 0.25) is 0 Å². The van der Waals surface area contributed by atoms with Crippen molar-refractivity contribution < 1.29 is 8.42 Å². The Morgan fingerprint density at radius 3 is 1.55 bits per heavy atom. The molecule has 0 spiro atoms. The molecule has 0 unspecified atom stereocenters. The van der Waals surface area contributed by atoms with Crippen molar-refractivity contribution in [3.63, 3.8) is 0 Å². The zero-order chi connectivity index (χ0) is 23.3. The number of thioether (sulfide) groups is 1. The van der Waals surface area contributed by atoms with Crippen molar-refractivity contribution in [3.8, 4) is 0 Å². The Kier molecular flexibility index (Phi) is 8.12. The number of hydrogen-bond donors (Lipinski definition) is 0. The van der Waals surface area contributed by atoms with E-state index in [4.69, 9.17) is 0 Å². The number of benzene rings is 3. The summed E-state index contributed by atoms with van der Waals surface area (Å²) in [4.78, 5) is 6.59. The first-order chi connectivity index (χ1) is 15.9. The first-order valence-electron chi connectivity index (χ1n) is 10.8. The number of hydrogen-bond acceptors (Lipinski definition) is 5. The molecular formula is C27H26O2S4. The van der Waals surface area contributed by atoms with Gasteiger partial charge in [0.25, 0.3) is 0 Å². The summed E-state index contributed by atoms with van der Waals surface area (Å²) in [6, 6.07) is 24.3. The molecule has 0 heterocycles. The summed E-state index contributed by atoms with van der Waals surface area (Å²) in [5.41, 5.74) is 0. The summed E-state index contributed by atoms with van der Waals surface area (Å²) < 4.78 is 25.6. The minimum Gasteiger partial charge on any atom is -0.219 e. The van der Waals surface area contributed by atoms with Crippen molar-refractivity contribution in [1.82, 2.24) is 0 Å². The van der Waals surface area contributed by atoms with E-state index in [1.165, 1.54) is 14.7 Å². The molecule has 3 aromatic carbocycles. The van der Waals surface area contributed by atoms with Crippen LogP contribution in [0.15, 0.2) is 125 Å². The molecule has 0 bridgehead atoms. The first-order valence-corrected chi connectivity index (χ1v) is 14.8. The van der Waals surface area contributed by atoms with Crippen molar-refractivity contribution >= 4 is 45.1 Å². The molecule has 0 aliphatic heterocycles. The molecule has 0 radical (unpaired) electrons. The van der Waals surface area contributed by atoms with E-state index in [0.717, 1.165) is 22.6 Å². The van der Waals surface area contributed by atoms with Gasteiger partial charge >= 0.3 is 0 Å². The molecule has 4 rings (SSSR count). The summed E-state index contributed by atoms with van der Waals surface area (Å²) in [6.07, 6.45) is 7.10. The van der Waals surface area contributed by atoms with Gasteiger partial charge in [0.05, 0.1) is 9.80 Å². The quantitative estimate of drug-likeness (QED) is 0.284. The fraction of sp³-hybridized carbons (Fsp3) is 0.185. The van der Waals surface area contributed by atoms with E-state index >= 15 is 0 Å². The first kappa shape index (κ1) is 24.3. The third kappa shape index (κ3) is 6.60. The fourth-order valence-corrected chi connectivity index (χ4v) is 7.17.